The Balaban J connectivity index is 2.15. The molecule has 0 saturated carbocycles. The van der Waals surface area contributed by atoms with Crippen molar-refractivity contribution in [1.82, 2.24) is 0 Å². The lowest BCUT2D eigenvalue weighted by Crippen LogP contribution is -2.09. The minimum atomic E-state index is -0.179. The maximum absolute atomic E-state index is 12.2. The largest absolute Gasteiger partial charge is 0.493 e. The van der Waals surface area contributed by atoms with E-state index in [1.807, 2.05) is 36.4 Å². The quantitative estimate of drug-likeness (QED) is 0.729. The molecule has 2 rings (SSSR count). The number of para-hydroxylation sites is 1. The van der Waals surface area contributed by atoms with Gasteiger partial charge in [-0.25, -0.2) is 0 Å². The van der Waals surface area contributed by atoms with Crippen LogP contribution >= 0.6 is 15.9 Å². The Hall–Kier alpha value is -2.27. The van der Waals surface area contributed by atoms with Crippen LogP contribution in [0.4, 0.5) is 5.69 Å². The lowest BCUT2D eigenvalue weighted by molar-refractivity contribution is -0.111. The molecular formula is C19H20BrNO3. The van der Waals surface area contributed by atoms with Gasteiger partial charge in [0.15, 0.2) is 11.5 Å². The normalized spacial score (nSPS) is 10.7. The van der Waals surface area contributed by atoms with E-state index in [1.54, 1.807) is 20.3 Å². The van der Waals surface area contributed by atoms with Crippen molar-refractivity contribution < 1.29 is 14.3 Å². The molecule has 0 atom stereocenters. The van der Waals surface area contributed by atoms with E-state index in [4.69, 9.17) is 9.47 Å². The minimum Gasteiger partial charge on any atom is -0.493 e. The van der Waals surface area contributed by atoms with Gasteiger partial charge in [-0.05, 0) is 57.8 Å². The molecule has 0 bridgehead atoms. The fraction of sp³-hybridized carbons (Fsp3) is 0.211. The first-order valence-electron chi connectivity index (χ1n) is 7.57. The van der Waals surface area contributed by atoms with E-state index >= 15 is 0 Å². The molecule has 0 aliphatic rings. The summed E-state index contributed by atoms with van der Waals surface area (Å²) in [6.07, 6.45) is 4.10. The van der Waals surface area contributed by atoms with Gasteiger partial charge in [0, 0.05) is 11.8 Å². The number of halogens is 1. The number of aryl methyl sites for hydroxylation is 1. The summed E-state index contributed by atoms with van der Waals surface area (Å²) >= 11 is 3.44. The number of amides is 1. The average Bonchev–Trinajstić information content (AvgIpc) is 2.59. The fourth-order valence-corrected chi connectivity index (χ4v) is 2.95. The van der Waals surface area contributed by atoms with E-state index in [1.165, 1.54) is 6.08 Å². The fourth-order valence-electron chi connectivity index (χ4n) is 2.33. The van der Waals surface area contributed by atoms with Gasteiger partial charge in [0.2, 0.25) is 5.91 Å². The van der Waals surface area contributed by atoms with Crippen molar-refractivity contribution in [1.29, 1.82) is 0 Å². The number of carbonyl (C=O) groups excluding carboxylic acids is 1. The molecular weight excluding hydrogens is 370 g/mol. The topological polar surface area (TPSA) is 47.6 Å². The molecule has 1 N–H and O–H groups in total. The molecule has 24 heavy (non-hydrogen) atoms. The molecule has 0 fully saturated rings. The Morgan fingerprint density at radius 3 is 2.62 bits per heavy atom. The maximum Gasteiger partial charge on any atom is 0.248 e. The first-order valence-corrected chi connectivity index (χ1v) is 8.36. The standard InChI is InChI=1S/C19H20BrNO3/c1-4-14-7-5-6-8-16(14)21-18(22)10-9-13-11-15(20)19(24-3)17(12-13)23-2/h5-12H,4H2,1-3H3,(H,21,22)/b10-9+. The number of benzene rings is 2. The van der Waals surface area contributed by atoms with Crippen LogP contribution in [0.5, 0.6) is 11.5 Å². The van der Waals surface area contributed by atoms with Gasteiger partial charge in [-0.15, -0.1) is 0 Å². The Kier molecular flexibility index (Phi) is 6.44. The van der Waals surface area contributed by atoms with Crippen LogP contribution in [0.15, 0.2) is 46.9 Å². The molecule has 1 amide bonds. The Bertz CT molecular complexity index is 756. The monoisotopic (exact) mass is 389 g/mol. The first kappa shape index (κ1) is 18.1. The third-order valence-electron chi connectivity index (χ3n) is 3.54. The Labute approximate surface area is 150 Å². The highest BCUT2D eigenvalue weighted by Gasteiger charge is 2.09. The second kappa shape index (κ2) is 8.55. The number of methoxy groups -OCH3 is 2. The summed E-state index contributed by atoms with van der Waals surface area (Å²) in [5, 5.41) is 2.90. The molecule has 5 heteroatoms. The first-order chi connectivity index (χ1) is 11.6. The molecule has 0 aliphatic heterocycles. The van der Waals surface area contributed by atoms with Crippen molar-refractivity contribution >= 4 is 33.6 Å². The molecule has 126 valence electrons. The predicted molar refractivity (Wildman–Crippen MR) is 101 cm³/mol. The minimum absolute atomic E-state index is 0.179. The molecule has 0 spiro atoms. The van der Waals surface area contributed by atoms with Gasteiger partial charge >= 0.3 is 0 Å². The SMILES string of the molecule is CCc1ccccc1NC(=O)/C=C/c1cc(Br)c(OC)c(OC)c1. The molecule has 0 heterocycles. The van der Waals surface area contributed by atoms with Crippen molar-refractivity contribution in [2.75, 3.05) is 19.5 Å². The summed E-state index contributed by atoms with van der Waals surface area (Å²) < 4.78 is 11.3. The zero-order chi connectivity index (χ0) is 17.5. The maximum atomic E-state index is 12.2. The highest BCUT2D eigenvalue weighted by molar-refractivity contribution is 9.10. The van der Waals surface area contributed by atoms with Crippen LogP contribution in [-0.4, -0.2) is 20.1 Å². The smallest absolute Gasteiger partial charge is 0.248 e. The number of hydrogen-bond acceptors (Lipinski definition) is 3. The van der Waals surface area contributed by atoms with Crippen molar-refractivity contribution in [3.63, 3.8) is 0 Å². The van der Waals surface area contributed by atoms with E-state index in [9.17, 15) is 4.79 Å². The average molecular weight is 390 g/mol. The molecule has 0 unspecified atom stereocenters. The lowest BCUT2D eigenvalue weighted by Gasteiger charge is -2.10. The van der Waals surface area contributed by atoms with Gasteiger partial charge in [-0.1, -0.05) is 25.1 Å². The third-order valence-corrected chi connectivity index (χ3v) is 4.13. The van der Waals surface area contributed by atoms with Crippen LogP contribution in [-0.2, 0) is 11.2 Å². The van der Waals surface area contributed by atoms with Crippen molar-refractivity contribution in [3.05, 3.63) is 58.1 Å². The van der Waals surface area contributed by atoms with Crippen molar-refractivity contribution in [2.24, 2.45) is 0 Å². The van der Waals surface area contributed by atoms with Crippen LogP contribution in [0.3, 0.4) is 0 Å². The van der Waals surface area contributed by atoms with Crippen molar-refractivity contribution in [2.45, 2.75) is 13.3 Å². The lowest BCUT2D eigenvalue weighted by atomic mass is 10.1. The molecule has 0 aliphatic carbocycles. The molecule has 2 aromatic carbocycles. The molecule has 0 aromatic heterocycles. The molecule has 2 aromatic rings. The Morgan fingerprint density at radius 1 is 1.21 bits per heavy atom. The van der Waals surface area contributed by atoms with Gasteiger partial charge in [0.25, 0.3) is 0 Å². The van der Waals surface area contributed by atoms with E-state index in [-0.39, 0.29) is 5.91 Å². The second-order valence-corrected chi connectivity index (χ2v) is 5.93. The van der Waals surface area contributed by atoms with Crippen LogP contribution < -0.4 is 14.8 Å². The highest BCUT2D eigenvalue weighted by Crippen LogP contribution is 2.36. The van der Waals surface area contributed by atoms with Gasteiger partial charge in [0.1, 0.15) is 0 Å². The number of ether oxygens (including phenoxy) is 2. The number of hydrogen-bond donors (Lipinski definition) is 1. The molecule has 0 saturated heterocycles. The Morgan fingerprint density at radius 2 is 1.96 bits per heavy atom. The summed E-state index contributed by atoms with van der Waals surface area (Å²) in [6.45, 7) is 2.06. The van der Waals surface area contributed by atoms with Crippen molar-refractivity contribution in [3.8, 4) is 11.5 Å². The highest BCUT2D eigenvalue weighted by atomic mass is 79.9. The number of anilines is 1. The molecule has 4 nitrogen and oxygen atoms in total. The predicted octanol–water partition coefficient (Wildman–Crippen LogP) is 4.68. The van der Waals surface area contributed by atoms with E-state index in [2.05, 4.69) is 28.2 Å². The van der Waals surface area contributed by atoms with Crippen LogP contribution in [0.2, 0.25) is 0 Å². The number of rotatable bonds is 6. The van der Waals surface area contributed by atoms with E-state index < -0.39 is 0 Å². The number of nitrogens with one attached hydrogen (secondary N) is 1. The van der Waals surface area contributed by atoms with Crippen LogP contribution in [0.25, 0.3) is 6.08 Å². The summed E-state index contributed by atoms with van der Waals surface area (Å²) in [4.78, 5) is 12.2. The molecule has 0 radical (unpaired) electrons. The van der Waals surface area contributed by atoms with Gasteiger partial charge < -0.3 is 14.8 Å². The van der Waals surface area contributed by atoms with E-state index in [0.29, 0.717) is 11.5 Å². The van der Waals surface area contributed by atoms with Crippen LogP contribution in [0, 0.1) is 0 Å². The summed E-state index contributed by atoms with van der Waals surface area (Å²) in [5.41, 5.74) is 2.77. The van der Waals surface area contributed by atoms with Gasteiger partial charge in [-0.3, -0.25) is 4.79 Å². The van der Waals surface area contributed by atoms with Crippen LogP contribution in [0.1, 0.15) is 18.1 Å². The van der Waals surface area contributed by atoms with E-state index in [0.717, 1.165) is 27.7 Å². The summed E-state index contributed by atoms with van der Waals surface area (Å²) in [5.74, 6) is 1.04. The third kappa shape index (κ3) is 4.38. The number of carbonyl (C=O) groups is 1. The van der Waals surface area contributed by atoms with Gasteiger partial charge in [0.05, 0.1) is 18.7 Å². The zero-order valence-electron chi connectivity index (χ0n) is 13.9. The summed E-state index contributed by atoms with van der Waals surface area (Å²) in [6, 6.07) is 11.5. The zero-order valence-corrected chi connectivity index (χ0v) is 15.5. The summed E-state index contributed by atoms with van der Waals surface area (Å²) in [7, 11) is 3.16. The van der Waals surface area contributed by atoms with Gasteiger partial charge in [-0.2, -0.15) is 0 Å². The second-order valence-electron chi connectivity index (χ2n) is 5.07.